The third kappa shape index (κ3) is 3.49. The number of nitrogens with zero attached hydrogens (tertiary/aromatic N) is 1. The van der Waals surface area contributed by atoms with E-state index in [9.17, 15) is 15.0 Å². The summed E-state index contributed by atoms with van der Waals surface area (Å²) in [6, 6.07) is 0. The molecule has 6 nitrogen and oxygen atoms in total. The smallest absolute Gasteiger partial charge is 0.271 e. The van der Waals surface area contributed by atoms with Gasteiger partial charge < -0.3 is 21.3 Å². The zero-order valence-corrected chi connectivity index (χ0v) is 11.2. The molecule has 0 aliphatic carbocycles. The van der Waals surface area contributed by atoms with E-state index < -0.39 is 5.54 Å². The predicted octanol–water partition coefficient (Wildman–Crippen LogP) is -0.492. The summed E-state index contributed by atoms with van der Waals surface area (Å²) in [6.45, 7) is 1.64. The van der Waals surface area contributed by atoms with Gasteiger partial charge in [-0.25, -0.2) is 4.98 Å². The molecular formula is C11H19N3O3S. The molecule has 0 aliphatic rings. The largest absolute Gasteiger partial charge is 0.394 e. The summed E-state index contributed by atoms with van der Waals surface area (Å²) in [7, 11) is 0. The van der Waals surface area contributed by atoms with Crippen LogP contribution in [0.2, 0.25) is 0 Å². The highest BCUT2D eigenvalue weighted by atomic mass is 32.1. The monoisotopic (exact) mass is 273 g/mol. The van der Waals surface area contributed by atoms with Gasteiger partial charge in [0.2, 0.25) is 0 Å². The molecule has 1 aromatic rings. The van der Waals surface area contributed by atoms with E-state index in [1.54, 1.807) is 12.3 Å². The van der Waals surface area contributed by atoms with E-state index in [1.165, 1.54) is 11.3 Å². The molecule has 0 bridgehead atoms. The molecule has 5 N–H and O–H groups in total. The highest BCUT2D eigenvalue weighted by Gasteiger charge is 2.29. The van der Waals surface area contributed by atoms with Gasteiger partial charge in [-0.05, 0) is 13.0 Å². The third-order valence-electron chi connectivity index (χ3n) is 2.80. The topological polar surface area (TPSA) is 108 Å². The number of hydrogen-bond acceptors (Lipinski definition) is 6. The van der Waals surface area contributed by atoms with Crippen molar-refractivity contribution in [3.8, 4) is 0 Å². The molecule has 18 heavy (non-hydrogen) atoms. The summed E-state index contributed by atoms with van der Waals surface area (Å²) in [5.74, 6) is -0.389. The second-order valence-corrected chi connectivity index (χ2v) is 5.01. The molecule has 102 valence electrons. The number of nitrogens with two attached hydrogens (primary N) is 1. The molecule has 0 spiro atoms. The third-order valence-corrected chi connectivity index (χ3v) is 3.71. The highest BCUT2D eigenvalue weighted by Crippen LogP contribution is 2.13. The molecule has 0 fully saturated rings. The molecule has 0 radical (unpaired) electrons. The summed E-state index contributed by atoms with van der Waals surface area (Å²) in [5, 5.41) is 23.6. The number of hydrogen-bond donors (Lipinski definition) is 4. The van der Waals surface area contributed by atoms with Crippen LogP contribution in [0.15, 0.2) is 5.38 Å². The Labute approximate surface area is 110 Å². The first-order valence-corrected chi connectivity index (χ1v) is 6.67. The highest BCUT2D eigenvalue weighted by molar-refractivity contribution is 7.09. The molecular weight excluding hydrogens is 254 g/mol. The van der Waals surface area contributed by atoms with Gasteiger partial charge in [-0.2, -0.15) is 0 Å². The Morgan fingerprint density at radius 1 is 1.56 bits per heavy atom. The Kier molecular flexibility index (Phi) is 5.67. The van der Waals surface area contributed by atoms with Gasteiger partial charge in [0.15, 0.2) is 0 Å². The second-order valence-electron chi connectivity index (χ2n) is 4.07. The Morgan fingerprint density at radius 3 is 2.72 bits per heavy atom. The predicted molar refractivity (Wildman–Crippen MR) is 69.5 cm³/mol. The standard InChI is InChI=1S/C11H19N3O3S/c1-2-11(6-15,7-16)14-10(17)8-5-18-9(13-8)3-4-12/h5,15-16H,2-4,6-7,12H2,1H3,(H,14,17). The van der Waals surface area contributed by atoms with E-state index in [2.05, 4.69) is 10.3 Å². The molecule has 0 saturated carbocycles. The van der Waals surface area contributed by atoms with Crippen LogP contribution in [0.25, 0.3) is 0 Å². The van der Waals surface area contributed by atoms with Gasteiger partial charge in [-0.15, -0.1) is 11.3 Å². The van der Waals surface area contributed by atoms with Crippen molar-refractivity contribution in [2.75, 3.05) is 19.8 Å². The maximum absolute atomic E-state index is 11.9. The molecule has 7 heteroatoms. The first kappa shape index (κ1) is 15.0. The van der Waals surface area contributed by atoms with Gasteiger partial charge in [-0.3, -0.25) is 4.79 Å². The van der Waals surface area contributed by atoms with E-state index in [1.807, 2.05) is 0 Å². The molecule has 1 aromatic heterocycles. The summed E-state index contributed by atoms with van der Waals surface area (Å²) < 4.78 is 0. The lowest BCUT2D eigenvalue weighted by atomic mass is 9.98. The number of amides is 1. The van der Waals surface area contributed by atoms with E-state index >= 15 is 0 Å². The average Bonchev–Trinajstić information content (AvgIpc) is 2.85. The van der Waals surface area contributed by atoms with E-state index in [-0.39, 0.29) is 19.1 Å². The van der Waals surface area contributed by atoms with E-state index in [0.29, 0.717) is 25.1 Å². The van der Waals surface area contributed by atoms with Crippen LogP contribution in [0, 0.1) is 0 Å². The minimum atomic E-state index is -0.991. The van der Waals surface area contributed by atoms with E-state index in [4.69, 9.17) is 5.73 Å². The van der Waals surface area contributed by atoms with Crippen LogP contribution in [-0.2, 0) is 6.42 Å². The van der Waals surface area contributed by atoms with Crippen molar-refractivity contribution in [1.29, 1.82) is 0 Å². The molecule has 0 aromatic carbocycles. The lowest BCUT2D eigenvalue weighted by Gasteiger charge is -2.29. The van der Waals surface area contributed by atoms with Crippen molar-refractivity contribution in [2.24, 2.45) is 5.73 Å². The van der Waals surface area contributed by atoms with Crippen LogP contribution in [0.1, 0.15) is 28.8 Å². The number of carbonyl (C=O) groups excluding carboxylic acids is 1. The Hall–Kier alpha value is -1.02. The maximum atomic E-state index is 11.9. The lowest BCUT2D eigenvalue weighted by molar-refractivity contribution is 0.0649. The molecule has 1 heterocycles. The number of rotatable bonds is 7. The molecule has 1 rings (SSSR count). The molecule has 0 aliphatic heterocycles. The summed E-state index contributed by atoms with van der Waals surface area (Å²) in [4.78, 5) is 16.1. The maximum Gasteiger partial charge on any atom is 0.271 e. The van der Waals surface area contributed by atoms with Crippen molar-refractivity contribution in [1.82, 2.24) is 10.3 Å². The second kappa shape index (κ2) is 6.79. The van der Waals surface area contributed by atoms with Gasteiger partial charge >= 0.3 is 0 Å². The number of thiazole rings is 1. The van der Waals surface area contributed by atoms with Gasteiger partial charge in [0, 0.05) is 11.8 Å². The van der Waals surface area contributed by atoms with Gasteiger partial charge in [0.1, 0.15) is 5.69 Å². The fraction of sp³-hybridized carbons (Fsp3) is 0.636. The number of aliphatic hydroxyl groups is 2. The van der Waals surface area contributed by atoms with E-state index in [0.717, 1.165) is 5.01 Å². The summed E-state index contributed by atoms with van der Waals surface area (Å²) in [6.07, 6.45) is 1.07. The Morgan fingerprint density at radius 2 is 2.22 bits per heavy atom. The first-order valence-electron chi connectivity index (χ1n) is 5.79. The fourth-order valence-electron chi connectivity index (χ4n) is 1.40. The SMILES string of the molecule is CCC(CO)(CO)NC(=O)c1csc(CCN)n1. The quantitative estimate of drug-likeness (QED) is 0.536. The summed E-state index contributed by atoms with van der Waals surface area (Å²) in [5.41, 5.74) is 4.72. The Bertz CT molecular complexity index is 382. The van der Waals surface area contributed by atoms with Crippen LogP contribution in [0.4, 0.5) is 0 Å². The van der Waals surface area contributed by atoms with Gasteiger partial charge in [0.05, 0.1) is 23.8 Å². The van der Waals surface area contributed by atoms with Gasteiger partial charge in [-0.1, -0.05) is 6.92 Å². The van der Waals surface area contributed by atoms with Crippen LogP contribution >= 0.6 is 11.3 Å². The minimum Gasteiger partial charge on any atom is -0.394 e. The normalized spacial score (nSPS) is 11.6. The van der Waals surface area contributed by atoms with Crippen molar-refractivity contribution < 1.29 is 15.0 Å². The van der Waals surface area contributed by atoms with Gasteiger partial charge in [0.25, 0.3) is 5.91 Å². The van der Waals surface area contributed by atoms with Crippen molar-refractivity contribution in [2.45, 2.75) is 25.3 Å². The Balaban J connectivity index is 2.74. The molecule has 0 saturated heterocycles. The molecule has 1 amide bonds. The average molecular weight is 273 g/mol. The molecule has 0 unspecified atom stereocenters. The van der Waals surface area contributed by atoms with Crippen LogP contribution in [0.5, 0.6) is 0 Å². The number of carbonyl (C=O) groups is 1. The zero-order valence-electron chi connectivity index (χ0n) is 10.3. The minimum absolute atomic E-state index is 0.295. The lowest BCUT2D eigenvalue weighted by Crippen LogP contribution is -2.53. The number of aromatic nitrogens is 1. The number of nitrogens with one attached hydrogen (secondary N) is 1. The first-order chi connectivity index (χ1) is 8.60. The number of aliphatic hydroxyl groups excluding tert-OH is 2. The summed E-state index contributed by atoms with van der Waals surface area (Å²) >= 11 is 1.37. The molecule has 0 atom stereocenters. The van der Waals surface area contributed by atoms with Crippen LogP contribution in [-0.4, -0.2) is 46.4 Å². The van der Waals surface area contributed by atoms with Crippen LogP contribution < -0.4 is 11.1 Å². The zero-order chi connectivity index (χ0) is 13.6. The van der Waals surface area contributed by atoms with Crippen LogP contribution in [0.3, 0.4) is 0 Å². The van der Waals surface area contributed by atoms with Crippen molar-refractivity contribution in [3.05, 3.63) is 16.1 Å². The van der Waals surface area contributed by atoms with Crippen molar-refractivity contribution >= 4 is 17.2 Å². The van der Waals surface area contributed by atoms with Crippen molar-refractivity contribution in [3.63, 3.8) is 0 Å². The fourth-order valence-corrected chi connectivity index (χ4v) is 2.19.